The molecule has 2 aromatic rings. The molecule has 0 radical (unpaired) electrons. The highest BCUT2D eigenvalue weighted by atomic mass is 19.1. The zero-order valence-corrected chi connectivity index (χ0v) is 9.17. The molecule has 0 bridgehead atoms. The van der Waals surface area contributed by atoms with Gasteiger partial charge >= 0.3 is 5.97 Å². The van der Waals surface area contributed by atoms with E-state index in [1.807, 2.05) is 6.92 Å². The van der Waals surface area contributed by atoms with Gasteiger partial charge in [0.05, 0.1) is 17.8 Å². The van der Waals surface area contributed by atoms with Crippen molar-refractivity contribution in [3.8, 4) is 0 Å². The molecule has 1 heterocycles. The van der Waals surface area contributed by atoms with Gasteiger partial charge in [-0.3, -0.25) is 4.68 Å². The van der Waals surface area contributed by atoms with Crippen LogP contribution in [0.5, 0.6) is 0 Å². The third-order valence-corrected chi connectivity index (χ3v) is 2.60. The number of rotatable bonds is 3. The van der Waals surface area contributed by atoms with E-state index in [1.54, 1.807) is 12.1 Å². The number of nitrogens with zero attached hydrogens (tertiary/aromatic N) is 2. The highest BCUT2D eigenvalue weighted by Gasteiger charge is 2.12. The second-order valence-corrected chi connectivity index (χ2v) is 3.74. The molecule has 0 aliphatic heterocycles. The molecule has 0 amide bonds. The second-order valence-electron chi connectivity index (χ2n) is 3.74. The quantitative estimate of drug-likeness (QED) is 0.886. The molecule has 1 aromatic carbocycles. The van der Waals surface area contributed by atoms with Crippen molar-refractivity contribution in [3.05, 3.63) is 53.6 Å². The summed E-state index contributed by atoms with van der Waals surface area (Å²) in [6, 6.07) is 5.91. The number of benzene rings is 1. The van der Waals surface area contributed by atoms with Gasteiger partial charge in [-0.1, -0.05) is 12.1 Å². The van der Waals surface area contributed by atoms with Gasteiger partial charge in [0.1, 0.15) is 5.82 Å². The van der Waals surface area contributed by atoms with Crippen molar-refractivity contribution in [2.75, 3.05) is 0 Å². The molecule has 5 heteroatoms. The Bertz CT molecular complexity index is 534. The van der Waals surface area contributed by atoms with E-state index in [4.69, 9.17) is 5.11 Å². The number of carboxylic acids is 1. The Hall–Kier alpha value is -2.17. The molecule has 1 N–H and O–H groups in total. The van der Waals surface area contributed by atoms with Gasteiger partial charge < -0.3 is 5.11 Å². The molecule has 17 heavy (non-hydrogen) atoms. The van der Waals surface area contributed by atoms with Crippen LogP contribution in [0, 0.1) is 5.82 Å². The molecule has 2 rings (SSSR count). The van der Waals surface area contributed by atoms with Crippen molar-refractivity contribution in [2.45, 2.75) is 13.0 Å². The van der Waals surface area contributed by atoms with E-state index < -0.39 is 5.97 Å². The smallest absolute Gasteiger partial charge is 0.338 e. The first-order valence-corrected chi connectivity index (χ1v) is 5.11. The van der Waals surface area contributed by atoms with E-state index in [9.17, 15) is 9.18 Å². The van der Waals surface area contributed by atoms with Gasteiger partial charge in [0.15, 0.2) is 0 Å². The summed E-state index contributed by atoms with van der Waals surface area (Å²) in [6.07, 6.45) is 2.75. The molecule has 0 spiro atoms. The maximum Gasteiger partial charge on any atom is 0.338 e. The third kappa shape index (κ3) is 2.33. The molecule has 0 aliphatic carbocycles. The number of aromatic nitrogens is 2. The zero-order valence-electron chi connectivity index (χ0n) is 9.17. The van der Waals surface area contributed by atoms with Gasteiger partial charge in [-0.25, -0.2) is 9.18 Å². The number of carbonyl (C=O) groups is 1. The molecule has 88 valence electrons. The largest absolute Gasteiger partial charge is 0.478 e. The molecular weight excluding hydrogens is 223 g/mol. The minimum absolute atomic E-state index is 0.135. The third-order valence-electron chi connectivity index (χ3n) is 2.60. The molecule has 1 atom stereocenters. The highest BCUT2D eigenvalue weighted by Crippen LogP contribution is 2.17. The van der Waals surface area contributed by atoms with Crippen molar-refractivity contribution in [1.29, 1.82) is 0 Å². The summed E-state index contributed by atoms with van der Waals surface area (Å²) >= 11 is 0. The van der Waals surface area contributed by atoms with Crippen LogP contribution in [0.1, 0.15) is 28.9 Å². The van der Waals surface area contributed by atoms with Crippen LogP contribution >= 0.6 is 0 Å². The number of carboxylic acid groups (broad SMARTS) is 1. The Morgan fingerprint density at radius 1 is 1.41 bits per heavy atom. The lowest BCUT2D eigenvalue weighted by molar-refractivity contribution is 0.0697. The van der Waals surface area contributed by atoms with E-state index >= 15 is 0 Å². The van der Waals surface area contributed by atoms with Crippen LogP contribution in [0.4, 0.5) is 4.39 Å². The van der Waals surface area contributed by atoms with Crippen LogP contribution in [-0.2, 0) is 0 Å². The molecule has 0 fully saturated rings. The first-order chi connectivity index (χ1) is 8.08. The van der Waals surface area contributed by atoms with E-state index in [1.165, 1.54) is 29.2 Å². The second kappa shape index (κ2) is 4.37. The predicted octanol–water partition coefficient (Wildman–Crippen LogP) is 2.33. The maximum absolute atomic E-state index is 12.8. The molecule has 1 aromatic heterocycles. The minimum Gasteiger partial charge on any atom is -0.478 e. The lowest BCUT2D eigenvalue weighted by Crippen LogP contribution is -2.07. The van der Waals surface area contributed by atoms with Gasteiger partial charge in [-0.05, 0) is 24.6 Å². The Kier molecular flexibility index (Phi) is 2.91. The van der Waals surface area contributed by atoms with Crippen molar-refractivity contribution >= 4 is 5.97 Å². The number of aromatic carboxylic acids is 1. The van der Waals surface area contributed by atoms with Gasteiger partial charge in [0.25, 0.3) is 0 Å². The average molecular weight is 234 g/mol. The SMILES string of the molecule is CC(c1ccc(F)cc1)n1cc(C(=O)O)cn1. The first kappa shape index (κ1) is 11.3. The minimum atomic E-state index is -1.01. The summed E-state index contributed by atoms with van der Waals surface area (Å²) in [5.41, 5.74) is 1.01. The summed E-state index contributed by atoms with van der Waals surface area (Å²) in [5, 5.41) is 12.8. The first-order valence-electron chi connectivity index (χ1n) is 5.11. The number of halogens is 1. The van der Waals surface area contributed by atoms with Gasteiger partial charge in [0, 0.05) is 6.20 Å². The van der Waals surface area contributed by atoms with Gasteiger partial charge in [-0.15, -0.1) is 0 Å². The predicted molar refractivity (Wildman–Crippen MR) is 59.4 cm³/mol. The van der Waals surface area contributed by atoms with E-state index in [0.29, 0.717) is 0 Å². The van der Waals surface area contributed by atoms with Crippen molar-refractivity contribution in [3.63, 3.8) is 0 Å². The molecule has 0 saturated heterocycles. The summed E-state index contributed by atoms with van der Waals surface area (Å²) in [4.78, 5) is 10.7. The fourth-order valence-electron chi connectivity index (χ4n) is 1.55. The number of hydrogen-bond donors (Lipinski definition) is 1. The fourth-order valence-corrected chi connectivity index (χ4v) is 1.55. The van der Waals surface area contributed by atoms with Crippen LogP contribution in [0.2, 0.25) is 0 Å². The lowest BCUT2D eigenvalue weighted by Gasteiger charge is -2.12. The summed E-state index contributed by atoms with van der Waals surface area (Å²) in [5.74, 6) is -1.31. The molecule has 0 saturated carbocycles. The summed E-state index contributed by atoms with van der Waals surface area (Å²) in [6.45, 7) is 1.87. The Morgan fingerprint density at radius 2 is 2.06 bits per heavy atom. The Balaban J connectivity index is 2.27. The van der Waals surface area contributed by atoms with Crippen LogP contribution in [-0.4, -0.2) is 20.9 Å². The van der Waals surface area contributed by atoms with E-state index in [-0.39, 0.29) is 17.4 Å². The van der Waals surface area contributed by atoms with Crippen LogP contribution in [0.15, 0.2) is 36.7 Å². The zero-order chi connectivity index (χ0) is 12.4. The lowest BCUT2D eigenvalue weighted by atomic mass is 10.1. The fraction of sp³-hybridized carbons (Fsp3) is 0.167. The average Bonchev–Trinajstić information content (AvgIpc) is 2.78. The molecule has 1 unspecified atom stereocenters. The molecular formula is C12H11FN2O2. The van der Waals surface area contributed by atoms with Crippen LogP contribution < -0.4 is 0 Å². The van der Waals surface area contributed by atoms with Crippen LogP contribution in [0.3, 0.4) is 0 Å². The Morgan fingerprint density at radius 3 is 2.59 bits per heavy atom. The van der Waals surface area contributed by atoms with Crippen molar-refractivity contribution in [2.24, 2.45) is 0 Å². The Labute approximate surface area is 97.3 Å². The monoisotopic (exact) mass is 234 g/mol. The van der Waals surface area contributed by atoms with Gasteiger partial charge in [0.2, 0.25) is 0 Å². The highest BCUT2D eigenvalue weighted by molar-refractivity contribution is 5.86. The topological polar surface area (TPSA) is 55.1 Å². The van der Waals surface area contributed by atoms with Crippen LogP contribution in [0.25, 0.3) is 0 Å². The molecule has 4 nitrogen and oxygen atoms in total. The summed E-state index contributed by atoms with van der Waals surface area (Å²) in [7, 11) is 0. The maximum atomic E-state index is 12.8. The van der Waals surface area contributed by atoms with E-state index in [2.05, 4.69) is 5.10 Å². The van der Waals surface area contributed by atoms with Gasteiger partial charge in [-0.2, -0.15) is 5.10 Å². The molecule has 0 aliphatic rings. The van der Waals surface area contributed by atoms with Crippen molar-refractivity contribution in [1.82, 2.24) is 9.78 Å². The standard InChI is InChI=1S/C12H11FN2O2/c1-8(9-2-4-11(13)5-3-9)15-7-10(6-14-15)12(16)17/h2-8H,1H3,(H,16,17). The summed E-state index contributed by atoms with van der Waals surface area (Å²) < 4.78 is 14.3. The number of hydrogen-bond acceptors (Lipinski definition) is 2. The van der Waals surface area contributed by atoms with Crippen molar-refractivity contribution < 1.29 is 14.3 Å². The normalized spacial score (nSPS) is 12.4. The van der Waals surface area contributed by atoms with E-state index in [0.717, 1.165) is 5.56 Å².